The molecule has 0 bridgehead atoms. The first-order valence-corrected chi connectivity index (χ1v) is 12.0. The second-order valence-corrected chi connectivity index (χ2v) is 8.27. The lowest BCUT2D eigenvalue weighted by Gasteiger charge is -2.07. The van der Waals surface area contributed by atoms with E-state index in [1.54, 1.807) is 0 Å². The van der Waals surface area contributed by atoms with Gasteiger partial charge in [0.25, 0.3) is 0 Å². The zero-order chi connectivity index (χ0) is 20.9. The molecule has 0 spiro atoms. The molecule has 0 aromatic heterocycles. The van der Waals surface area contributed by atoms with Crippen molar-refractivity contribution in [3.8, 4) is 22.3 Å². The number of ketones is 1. The monoisotopic (exact) mass is 518 g/mol. The highest BCUT2D eigenvalue weighted by Gasteiger charge is 2.10. The Bertz CT molecular complexity index is 1030. The highest BCUT2D eigenvalue weighted by molar-refractivity contribution is 9.08. The van der Waals surface area contributed by atoms with Crippen molar-refractivity contribution in [3.63, 3.8) is 0 Å². The predicted molar refractivity (Wildman–Crippen MR) is 132 cm³/mol. The number of rotatable bonds is 6. The van der Waals surface area contributed by atoms with Crippen LogP contribution in [0.2, 0.25) is 0 Å². The molecular weight excluding hydrogens is 500 g/mol. The van der Waals surface area contributed by atoms with Crippen molar-refractivity contribution in [3.05, 3.63) is 119 Å². The quantitative estimate of drug-likeness (QED) is 0.186. The Balaban J connectivity index is 1.50. The average molecular weight is 520 g/mol. The number of carbonyl (C=O) groups excluding carboxylic acids is 1. The van der Waals surface area contributed by atoms with E-state index in [0.29, 0.717) is 11.1 Å². The number of hydrogen-bond donors (Lipinski definition) is 0. The molecule has 30 heavy (non-hydrogen) atoms. The van der Waals surface area contributed by atoms with Gasteiger partial charge in [0.05, 0.1) is 0 Å². The van der Waals surface area contributed by atoms with Crippen molar-refractivity contribution < 1.29 is 4.79 Å². The predicted octanol–water partition coefficient (Wildman–Crippen LogP) is 8.04. The molecule has 0 aliphatic carbocycles. The van der Waals surface area contributed by atoms with Crippen LogP contribution in [0.5, 0.6) is 0 Å². The van der Waals surface area contributed by atoms with E-state index in [9.17, 15) is 4.79 Å². The fraction of sp³-hybridized carbons (Fsp3) is 0.0741. The first-order chi connectivity index (χ1) is 14.7. The lowest BCUT2D eigenvalue weighted by atomic mass is 9.97. The Labute approximate surface area is 194 Å². The van der Waals surface area contributed by atoms with Gasteiger partial charge < -0.3 is 0 Å². The summed E-state index contributed by atoms with van der Waals surface area (Å²) in [5.74, 6) is 0.0392. The van der Waals surface area contributed by atoms with E-state index in [-0.39, 0.29) is 5.78 Å². The van der Waals surface area contributed by atoms with Gasteiger partial charge in [-0.25, -0.2) is 0 Å². The molecule has 0 saturated carbocycles. The van der Waals surface area contributed by atoms with Crippen molar-refractivity contribution >= 4 is 37.6 Å². The molecule has 0 unspecified atom stereocenters. The summed E-state index contributed by atoms with van der Waals surface area (Å²) in [6.07, 6.45) is 0. The maximum absolute atomic E-state index is 12.9. The van der Waals surface area contributed by atoms with Gasteiger partial charge in [0.1, 0.15) is 0 Å². The fourth-order valence-electron chi connectivity index (χ4n) is 3.37. The zero-order valence-electron chi connectivity index (χ0n) is 16.3. The van der Waals surface area contributed by atoms with Crippen LogP contribution >= 0.6 is 31.9 Å². The SMILES string of the molecule is O=C(c1ccc(-c2ccc(CBr)cc2)cc1)c1ccc(-c2ccc(CBr)cc2)cc1. The summed E-state index contributed by atoms with van der Waals surface area (Å²) >= 11 is 6.94. The van der Waals surface area contributed by atoms with Gasteiger partial charge in [0.2, 0.25) is 0 Å². The minimum atomic E-state index is 0.0392. The summed E-state index contributed by atoms with van der Waals surface area (Å²) in [7, 11) is 0. The number of alkyl halides is 2. The molecule has 148 valence electrons. The standard InChI is InChI=1S/C27H20Br2O/c28-17-19-1-5-21(6-2-19)23-9-13-25(14-10-23)27(30)26-15-11-24(12-16-26)22-7-3-20(18-29)4-8-22/h1-16H,17-18H2. The van der Waals surface area contributed by atoms with Crippen LogP contribution in [0.15, 0.2) is 97.1 Å². The van der Waals surface area contributed by atoms with Crippen molar-refractivity contribution in [2.24, 2.45) is 0 Å². The van der Waals surface area contributed by atoms with Gasteiger partial charge in [0, 0.05) is 21.8 Å². The Morgan fingerprint density at radius 3 is 1.00 bits per heavy atom. The maximum atomic E-state index is 12.9. The molecular formula is C27H20Br2O. The maximum Gasteiger partial charge on any atom is 0.193 e. The van der Waals surface area contributed by atoms with Crippen LogP contribution in [0.3, 0.4) is 0 Å². The smallest absolute Gasteiger partial charge is 0.193 e. The van der Waals surface area contributed by atoms with Crippen LogP contribution in [0, 0.1) is 0 Å². The molecule has 0 atom stereocenters. The molecule has 0 heterocycles. The van der Waals surface area contributed by atoms with Crippen LogP contribution in [-0.2, 0) is 10.7 Å². The summed E-state index contributed by atoms with van der Waals surface area (Å²) in [4.78, 5) is 12.9. The summed E-state index contributed by atoms with van der Waals surface area (Å²) < 4.78 is 0. The van der Waals surface area contributed by atoms with Crippen LogP contribution in [-0.4, -0.2) is 5.78 Å². The lowest BCUT2D eigenvalue weighted by Crippen LogP contribution is -2.01. The summed E-state index contributed by atoms with van der Waals surface area (Å²) in [5.41, 5.74) is 8.39. The number of hydrogen-bond acceptors (Lipinski definition) is 1. The Hall–Kier alpha value is -2.49. The molecule has 0 saturated heterocycles. The molecule has 0 radical (unpaired) electrons. The molecule has 0 aliphatic rings. The van der Waals surface area contributed by atoms with Crippen LogP contribution in [0.25, 0.3) is 22.3 Å². The van der Waals surface area contributed by atoms with E-state index >= 15 is 0 Å². The third-order valence-electron chi connectivity index (χ3n) is 5.18. The summed E-state index contributed by atoms with van der Waals surface area (Å²) in [6, 6.07) is 32.5. The molecule has 4 rings (SSSR count). The van der Waals surface area contributed by atoms with E-state index in [1.807, 2.05) is 48.5 Å². The van der Waals surface area contributed by atoms with Gasteiger partial charge >= 0.3 is 0 Å². The fourth-order valence-corrected chi connectivity index (χ4v) is 4.11. The highest BCUT2D eigenvalue weighted by atomic mass is 79.9. The molecule has 3 heteroatoms. The van der Waals surface area contributed by atoms with Gasteiger partial charge in [-0.2, -0.15) is 0 Å². The lowest BCUT2D eigenvalue weighted by molar-refractivity contribution is 0.103. The zero-order valence-corrected chi connectivity index (χ0v) is 19.5. The van der Waals surface area contributed by atoms with E-state index in [0.717, 1.165) is 32.9 Å². The van der Waals surface area contributed by atoms with Gasteiger partial charge in [-0.05, 0) is 33.4 Å². The molecule has 0 amide bonds. The Morgan fingerprint density at radius 2 is 0.733 bits per heavy atom. The van der Waals surface area contributed by atoms with E-state index in [4.69, 9.17) is 0 Å². The second kappa shape index (κ2) is 9.55. The first kappa shape index (κ1) is 20.8. The minimum absolute atomic E-state index is 0.0392. The van der Waals surface area contributed by atoms with Crippen LogP contribution in [0.4, 0.5) is 0 Å². The molecule has 0 N–H and O–H groups in total. The average Bonchev–Trinajstić information content (AvgIpc) is 2.84. The van der Waals surface area contributed by atoms with Crippen molar-refractivity contribution in [1.29, 1.82) is 0 Å². The van der Waals surface area contributed by atoms with Crippen LogP contribution < -0.4 is 0 Å². The van der Waals surface area contributed by atoms with E-state index < -0.39 is 0 Å². The van der Waals surface area contributed by atoms with E-state index in [2.05, 4.69) is 80.4 Å². The highest BCUT2D eigenvalue weighted by Crippen LogP contribution is 2.24. The first-order valence-electron chi connectivity index (χ1n) is 9.73. The van der Waals surface area contributed by atoms with Gasteiger partial charge in [-0.1, -0.05) is 129 Å². The Kier molecular flexibility index (Phi) is 6.61. The topological polar surface area (TPSA) is 17.1 Å². The molecule has 1 nitrogen and oxygen atoms in total. The van der Waals surface area contributed by atoms with Gasteiger partial charge in [0.15, 0.2) is 5.78 Å². The minimum Gasteiger partial charge on any atom is -0.289 e. The molecule has 0 aliphatic heterocycles. The van der Waals surface area contributed by atoms with Crippen LogP contribution in [0.1, 0.15) is 27.0 Å². The number of carbonyl (C=O) groups is 1. The third kappa shape index (κ3) is 4.63. The number of benzene rings is 4. The third-order valence-corrected chi connectivity index (χ3v) is 6.47. The Morgan fingerprint density at radius 1 is 0.467 bits per heavy atom. The summed E-state index contributed by atoms with van der Waals surface area (Å²) in [5, 5.41) is 1.70. The van der Waals surface area contributed by atoms with Crippen molar-refractivity contribution in [2.75, 3.05) is 0 Å². The normalized spacial score (nSPS) is 10.7. The largest absolute Gasteiger partial charge is 0.289 e. The van der Waals surface area contributed by atoms with Gasteiger partial charge in [-0.15, -0.1) is 0 Å². The molecule has 0 fully saturated rings. The van der Waals surface area contributed by atoms with Crippen molar-refractivity contribution in [2.45, 2.75) is 10.7 Å². The molecule has 4 aromatic carbocycles. The van der Waals surface area contributed by atoms with Crippen molar-refractivity contribution in [1.82, 2.24) is 0 Å². The number of halogens is 2. The molecule has 4 aromatic rings. The van der Waals surface area contributed by atoms with E-state index in [1.165, 1.54) is 11.1 Å². The second-order valence-electron chi connectivity index (χ2n) is 7.14. The van der Waals surface area contributed by atoms with Gasteiger partial charge in [-0.3, -0.25) is 4.79 Å². The summed E-state index contributed by atoms with van der Waals surface area (Å²) in [6.45, 7) is 0.